The van der Waals surface area contributed by atoms with Gasteiger partial charge in [0.25, 0.3) is 5.91 Å². The average Bonchev–Trinajstić information content (AvgIpc) is 3.63. The second-order valence-corrected chi connectivity index (χ2v) is 8.56. The lowest BCUT2D eigenvalue weighted by atomic mass is 10.2. The van der Waals surface area contributed by atoms with Gasteiger partial charge in [0.05, 0.1) is 12.0 Å². The first kappa shape index (κ1) is 23.4. The van der Waals surface area contributed by atoms with Crippen LogP contribution in [0.1, 0.15) is 16.9 Å². The first-order valence-electron chi connectivity index (χ1n) is 12.0. The third-order valence-corrected chi connectivity index (χ3v) is 6.18. The van der Waals surface area contributed by atoms with Gasteiger partial charge in [-0.05, 0) is 36.4 Å². The smallest absolute Gasteiger partial charge is 0.288 e. The molecular formula is C27H28N6O3. The molecule has 0 bridgehead atoms. The number of carbonyl (C=O) groups is 2. The predicted molar refractivity (Wildman–Crippen MR) is 137 cm³/mol. The lowest BCUT2D eigenvalue weighted by Gasteiger charge is -2.36. The molecule has 36 heavy (non-hydrogen) atoms. The van der Waals surface area contributed by atoms with Crippen molar-refractivity contribution < 1.29 is 14.0 Å². The molecule has 9 nitrogen and oxygen atoms in total. The Morgan fingerprint density at radius 1 is 0.833 bits per heavy atom. The number of piperazine rings is 1. The molecule has 3 heterocycles. The molecule has 0 saturated carbocycles. The summed E-state index contributed by atoms with van der Waals surface area (Å²) in [7, 11) is 0. The molecule has 0 atom stereocenters. The fourth-order valence-electron chi connectivity index (χ4n) is 4.23. The van der Waals surface area contributed by atoms with Crippen LogP contribution in [0.3, 0.4) is 0 Å². The van der Waals surface area contributed by atoms with E-state index in [0.717, 1.165) is 31.9 Å². The van der Waals surface area contributed by atoms with Crippen molar-refractivity contribution >= 4 is 17.5 Å². The van der Waals surface area contributed by atoms with Crippen molar-refractivity contribution in [1.82, 2.24) is 25.5 Å². The van der Waals surface area contributed by atoms with Crippen LogP contribution < -0.4 is 15.8 Å². The summed E-state index contributed by atoms with van der Waals surface area (Å²) in [5, 5.41) is 4.54. The van der Waals surface area contributed by atoms with Gasteiger partial charge in [0.1, 0.15) is 11.4 Å². The van der Waals surface area contributed by atoms with Crippen LogP contribution in [0.5, 0.6) is 0 Å². The maximum atomic E-state index is 13.0. The third-order valence-electron chi connectivity index (χ3n) is 6.18. The molecule has 4 aromatic rings. The van der Waals surface area contributed by atoms with Crippen molar-refractivity contribution in [2.24, 2.45) is 0 Å². The molecular weight excluding hydrogens is 456 g/mol. The molecule has 9 heteroatoms. The average molecular weight is 485 g/mol. The van der Waals surface area contributed by atoms with Crippen molar-refractivity contribution in [3.05, 3.63) is 90.8 Å². The van der Waals surface area contributed by atoms with Gasteiger partial charge in [0.2, 0.25) is 5.91 Å². The number of nitrogens with zero attached hydrogens (tertiary/aromatic N) is 4. The second-order valence-electron chi connectivity index (χ2n) is 8.56. The van der Waals surface area contributed by atoms with Crippen LogP contribution in [0, 0.1) is 0 Å². The van der Waals surface area contributed by atoms with Gasteiger partial charge < -0.3 is 9.32 Å². The van der Waals surface area contributed by atoms with Gasteiger partial charge in [-0.3, -0.25) is 25.3 Å². The minimum Gasteiger partial charge on any atom is -0.463 e. The van der Waals surface area contributed by atoms with Gasteiger partial charge in [-0.25, -0.2) is 4.68 Å². The Labute approximate surface area is 209 Å². The van der Waals surface area contributed by atoms with Crippen LogP contribution >= 0.6 is 0 Å². The Bertz CT molecular complexity index is 1280. The molecule has 2 aromatic carbocycles. The van der Waals surface area contributed by atoms with E-state index in [9.17, 15) is 9.59 Å². The lowest BCUT2D eigenvalue weighted by Crippen LogP contribution is -2.48. The molecule has 2 amide bonds. The topological polar surface area (TPSA) is 95.6 Å². The van der Waals surface area contributed by atoms with Gasteiger partial charge in [-0.1, -0.05) is 36.4 Å². The van der Waals surface area contributed by atoms with E-state index in [4.69, 9.17) is 4.42 Å². The summed E-state index contributed by atoms with van der Waals surface area (Å²) in [5.74, 6) is -0.157. The zero-order valence-corrected chi connectivity index (χ0v) is 19.8. The van der Waals surface area contributed by atoms with Crippen LogP contribution in [-0.2, 0) is 4.79 Å². The minimum atomic E-state index is -0.464. The van der Waals surface area contributed by atoms with Crippen molar-refractivity contribution in [1.29, 1.82) is 0 Å². The fourth-order valence-corrected chi connectivity index (χ4v) is 4.23. The largest absolute Gasteiger partial charge is 0.463 e. The molecule has 0 spiro atoms. The highest BCUT2D eigenvalue weighted by Crippen LogP contribution is 2.22. The number of para-hydroxylation sites is 2. The van der Waals surface area contributed by atoms with Crippen LogP contribution in [0.2, 0.25) is 0 Å². The lowest BCUT2D eigenvalue weighted by molar-refractivity contribution is -0.122. The molecule has 1 saturated heterocycles. The molecule has 2 aromatic heterocycles. The summed E-state index contributed by atoms with van der Waals surface area (Å²) >= 11 is 0. The Hall–Kier alpha value is -4.37. The Kier molecular flexibility index (Phi) is 7.09. The maximum absolute atomic E-state index is 13.0. The minimum absolute atomic E-state index is 0.245. The molecule has 0 aliphatic carbocycles. The van der Waals surface area contributed by atoms with E-state index in [1.807, 2.05) is 48.5 Å². The molecule has 2 N–H and O–H groups in total. The predicted octanol–water partition coefficient (Wildman–Crippen LogP) is 3.11. The van der Waals surface area contributed by atoms with E-state index in [-0.39, 0.29) is 11.6 Å². The van der Waals surface area contributed by atoms with Crippen LogP contribution in [0.15, 0.2) is 89.5 Å². The number of hydrogen-bond donors (Lipinski definition) is 2. The third kappa shape index (κ3) is 5.47. The fraction of sp³-hybridized carbons (Fsp3) is 0.222. The number of carbonyl (C=O) groups excluding carboxylic acids is 2. The SMILES string of the molecule is O=C(CCN1CCN(c2ccccc2)CC1)NNC(=O)c1cc(-c2ccco2)nn1-c1ccccc1. The number of amides is 2. The van der Waals surface area contributed by atoms with Crippen molar-refractivity contribution in [3.8, 4) is 17.1 Å². The number of benzene rings is 2. The van der Waals surface area contributed by atoms with Crippen LogP contribution in [0.25, 0.3) is 17.1 Å². The van der Waals surface area contributed by atoms with E-state index in [1.165, 1.54) is 10.4 Å². The first-order valence-corrected chi connectivity index (χ1v) is 12.0. The number of hydrazine groups is 1. The summed E-state index contributed by atoms with van der Waals surface area (Å²) in [4.78, 5) is 30.0. The van der Waals surface area contributed by atoms with Crippen LogP contribution in [-0.4, -0.2) is 59.2 Å². The summed E-state index contributed by atoms with van der Waals surface area (Å²) in [6, 6.07) is 24.9. The molecule has 1 aliphatic rings. The second kappa shape index (κ2) is 10.9. The Balaban J connectivity index is 1.14. The molecule has 0 unspecified atom stereocenters. The number of nitrogens with one attached hydrogen (secondary N) is 2. The number of aromatic nitrogens is 2. The Morgan fingerprint density at radius 3 is 2.19 bits per heavy atom. The molecule has 0 radical (unpaired) electrons. The zero-order chi connectivity index (χ0) is 24.7. The highest BCUT2D eigenvalue weighted by Gasteiger charge is 2.20. The molecule has 5 rings (SSSR count). The number of hydrogen-bond acceptors (Lipinski definition) is 6. The monoisotopic (exact) mass is 484 g/mol. The molecule has 1 aliphatic heterocycles. The number of furan rings is 1. The van der Waals surface area contributed by atoms with E-state index < -0.39 is 5.91 Å². The van der Waals surface area contributed by atoms with Crippen molar-refractivity contribution in [3.63, 3.8) is 0 Å². The molecule has 184 valence electrons. The summed E-state index contributed by atoms with van der Waals surface area (Å²) in [5.41, 5.74) is 7.82. The standard InChI is InChI=1S/C27H28N6O3/c34-26(13-14-31-15-17-32(18-16-31)21-8-3-1-4-9-21)28-29-27(35)24-20-23(25-12-7-19-36-25)30-33(24)22-10-5-2-6-11-22/h1-12,19-20H,13-18H2,(H,28,34)(H,29,35). The number of rotatable bonds is 7. The summed E-state index contributed by atoms with van der Waals surface area (Å²) < 4.78 is 6.97. The first-order chi connectivity index (χ1) is 17.7. The van der Waals surface area contributed by atoms with Gasteiger partial charge in [-0.2, -0.15) is 5.10 Å². The summed E-state index contributed by atoms with van der Waals surface area (Å²) in [6.45, 7) is 4.25. The molecule has 1 fully saturated rings. The maximum Gasteiger partial charge on any atom is 0.288 e. The Morgan fingerprint density at radius 2 is 1.53 bits per heavy atom. The van der Waals surface area contributed by atoms with E-state index >= 15 is 0 Å². The highest BCUT2D eigenvalue weighted by molar-refractivity contribution is 5.95. The van der Waals surface area contributed by atoms with Gasteiger partial charge >= 0.3 is 0 Å². The number of anilines is 1. The van der Waals surface area contributed by atoms with E-state index in [2.05, 4.69) is 37.9 Å². The highest BCUT2D eigenvalue weighted by atomic mass is 16.3. The normalized spacial score (nSPS) is 13.9. The van der Waals surface area contributed by atoms with Gasteiger partial charge in [0.15, 0.2) is 5.76 Å². The van der Waals surface area contributed by atoms with Crippen molar-refractivity contribution in [2.75, 3.05) is 37.6 Å². The van der Waals surface area contributed by atoms with E-state index in [0.29, 0.717) is 24.4 Å². The zero-order valence-electron chi connectivity index (χ0n) is 19.8. The van der Waals surface area contributed by atoms with Crippen LogP contribution in [0.4, 0.5) is 5.69 Å². The van der Waals surface area contributed by atoms with Crippen molar-refractivity contribution in [2.45, 2.75) is 6.42 Å². The van der Waals surface area contributed by atoms with E-state index in [1.54, 1.807) is 24.5 Å². The van der Waals surface area contributed by atoms with Gasteiger partial charge in [-0.15, -0.1) is 0 Å². The van der Waals surface area contributed by atoms with Gasteiger partial charge in [0, 0.05) is 50.9 Å². The summed E-state index contributed by atoms with van der Waals surface area (Å²) in [6.07, 6.45) is 1.85. The quantitative estimate of drug-likeness (QED) is 0.392.